The van der Waals surface area contributed by atoms with Gasteiger partial charge in [0.1, 0.15) is 12.1 Å². The van der Waals surface area contributed by atoms with E-state index in [2.05, 4.69) is 9.97 Å². The van der Waals surface area contributed by atoms with Crippen LogP contribution in [0.2, 0.25) is 0 Å². The zero-order valence-electron chi connectivity index (χ0n) is 17.1. The van der Waals surface area contributed by atoms with Crippen LogP contribution in [0.15, 0.2) is 43.0 Å². The highest BCUT2D eigenvalue weighted by atomic mass is 19.3. The number of aryl methyl sites for hydroxylation is 1. The third-order valence-corrected chi connectivity index (χ3v) is 6.35. The summed E-state index contributed by atoms with van der Waals surface area (Å²) in [6, 6.07) is 7.46. The average Bonchev–Trinajstić information content (AvgIpc) is 3.20. The van der Waals surface area contributed by atoms with Crippen molar-refractivity contribution >= 4 is 11.6 Å². The van der Waals surface area contributed by atoms with E-state index < -0.39 is 11.3 Å². The summed E-state index contributed by atoms with van der Waals surface area (Å²) >= 11 is 0. The number of methoxy groups -OCH3 is 1. The minimum atomic E-state index is -2.79. The summed E-state index contributed by atoms with van der Waals surface area (Å²) in [4.78, 5) is 24.3. The molecule has 1 amide bonds. The lowest BCUT2D eigenvalue weighted by atomic mass is 9.75. The highest BCUT2D eigenvalue weighted by Gasteiger charge is 2.59. The molecule has 3 heterocycles. The maximum atomic E-state index is 15.1. The molecule has 0 bridgehead atoms. The molecule has 1 aromatic heterocycles. The Labute approximate surface area is 174 Å². The van der Waals surface area contributed by atoms with Crippen molar-refractivity contribution in [1.29, 1.82) is 0 Å². The second-order valence-electron chi connectivity index (χ2n) is 8.17. The van der Waals surface area contributed by atoms with Crippen LogP contribution in [0, 0.1) is 5.41 Å². The standard InChI is InChI=1S/C22H26F2N4O2/c1-30-19-5-3-18(4-6-19)27-10-8-21(14-27)15-28(11-9-22(21,23)24)20(29)7-2-17-12-25-16-26-13-17/h3-6,12-13,16H,2,7-11,14-15H2,1H3/t21-/m0/s1. The van der Waals surface area contributed by atoms with E-state index in [1.807, 2.05) is 29.2 Å². The predicted octanol–water partition coefficient (Wildman–Crippen LogP) is 3.18. The van der Waals surface area contributed by atoms with Gasteiger partial charge in [0.05, 0.1) is 12.5 Å². The molecule has 2 aromatic rings. The smallest absolute Gasteiger partial charge is 0.258 e. The lowest BCUT2D eigenvalue weighted by Gasteiger charge is -2.46. The topological polar surface area (TPSA) is 58.6 Å². The van der Waals surface area contributed by atoms with E-state index >= 15 is 8.78 Å². The van der Waals surface area contributed by atoms with Crippen LogP contribution in [0.1, 0.15) is 24.8 Å². The molecule has 0 aliphatic carbocycles. The SMILES string of the molecule is COc1ccc(N2CC[C@@]3(CN(C(=O)CCc4cncnc4)CCC3(F)F)C2)cc1. The fourth-order valence-corrected chi connectivity index (χ4v) is 4.50. The second-order valence-corrected chi connectivity index (χ2v) is 8.17. The number of hydrogen-bond donors (Lipinski definition) is 0. The molecule has 6 nitrogen and oxygen atoms in total. The molecule has 2 aliphatic heterocycles. The normalized spacial score (nSPS) is 23.0. The summed E-state index contributed by atoms with van der Waals surface area (Å²) in [7, 11) is 1.60. The number of likely N-dealkylation sites (tertiary alicyclic amines) is 1. The Bertz CT molecular complexity index is 878. The van der Waals surface area contributed by atoms with Gasteiger partial charge >= 0.3 is 0 Å². The monoisotopic (exact) mass is 416 g/mol. The molecule has 4 rings (SSSR count). The molecule has 0 unspecified atom stereocenters. The number of ether oxygens (including phenoxy) is 1. The van der Waals surface area contributed by atoms with E-state index in [1.54, 1.807) is 24.4 Å². The molecule has 1 atom stereocenters. The number of aromatic nitrogens is 2. The van der Waals surface area contributed by atoms with Crippen LogP contribution < -0.4 is 9.64 Å². The number of rotatable bonds is 5. The predicted molar refractivity (Wildman–Crippen MR) is 109 cm³/mol. The molecule has 8 heteroatoms. The van der Waals surface area contributed by atoms with Crippen LogP contribution in [-0.4, -0.2) is 60.0 Å². The lowest BCUT2D eigenvalue weighted by Crippen LogP contribution is -2.58. The molecule has 0 saturated carbocycles. The van der Waals surface area contributed by atoms with Crippen molar-refractivity contribution in [3.05, 3.63) is 48.5 Å². The summed E-state index contributed by atoms with van der Waals surface area (Å²) in [6.07, 6.45) is 5.66. The van der Waals surface area contributed by atoms with Crippen molar-refractivity contribution in [2.45, 2.75) is 31.6 Å². The molecule has 160 valence electrons. The Balaban J connectivity index is 1.44. The molecule has 2 saturated heterocycles. The Hall–Kier alpha value is -2.77. The zero-order chi connectivity index (χ0) is 21.2. The molecule has 0 N–H and O–H groups in total. The average molecular weight is 416 g/mol. The van der Waals surface area contributed by atoms with E-state index in [0.29, 0.717) is 19.4 Å². The van der Waals surface area contributed by atoms with Crippen LogP contribution in [0.25, 0.3) is 0 Å². The van der Waals surface area contributed by atoms with Gasteiger partial charge in [-0.15, -0.1) is 0 Å². The lowest BCUT2D eigenvalue weighted by molar-refractivity contribution is -0.168. The van der Waals surface area contributed by atoms with Gasteiger partial charge in [-0.25, -0.2) is 18.7 Å². The van der Waals surface area contributed by atoms with Gasteiger partial charge in [-0.3, -0.25) is 4.79 Å². The number of nitrogens with zero attached hydrogens (tertiary/aromatic N) is 4. The van der Waals surface area contributed by atoms with Crippen molar-refractivity contribution in [3.8, 4) is 5.75 Å². The number of hydrogen-bond acceptors (Lipinski definition) is 5. The van der Waals surface area contributed by atoms with Gasteiger partial charge < -0.3 is 14.5 Å². The van der Waals surface area contributed by atoms with Gasteiger partial charge in [-0.2, -0.15) is 0 Å². The third-order valence-electron chi connectivity index (χ3n) is 6.35. The molecular weight excluding hydrogens is 390 g/mol. The first-order valence-corrected chi connectivity index (χ1v) is 10.2. The molecule has 0 radical (unpaired) electrons. The number of alkyl halides is 2. The number of anilines is 1. The van der Waals surface area contributed by atoms with Gasteiger partial charge in [0.15, 0.2) is 0 Å². The van der Waals surface area contributed by atoms with E-state index in [4.69, 9.17) is 4.74 Å². The first-order valence-electron chi connectivity index (χ1n) is 10.2. The van der Waals surface area contributed by atoms with Crippen molar-refractivity contribution in [1.82, 2.24) is 14.9 Å². The van der Waals surface area contributed by atoms with E-state index in [1.165, 1.54) is 6.33 Å². The first-order chi connectivity index (χ1) is 14.4. The van der Waals surface area contributed by atoms with Gasteiger partial charge in [-0.05, 0) is 42.7 Å². The van der Waals surface area contributed by atoms with E-state index in [-0.39, 0.29) is 38.4 Å². The fraction of sp³-hybridized carbons (Fsp3) is 0.500. The zero-order valence-corrected chi connectivity index (χ0v) is 17.1. The number of halogens is 2. The van der Waals surface area contributed by atoms with Crippen LogP contribution in [0.4, 0.5) is 14.5 Å². The van der Waals surface area contributed by atoms with Crippen LogP contribution in [-0.2, 0) is 11.2 Å². The van der Waals surface area contributed by atoms with Crippen molar-refractivity contribution < 1.29 is 18.3 Å². The first kappa shape index (κ1) is 20.5. The van der Waals surface area contributed by atoms with Gasteiger partial charge in [0.2, 0.25) is 5.91 Å². The van der Waals surface area contributed by atoms with Crippen LogP contribution in [0.3, 0.4) is 0 Å². The highest BCUT2D eigenvalue weighted by Crippen LogP contribution is 2.50. The maximum Gasteiger partial charge on any atom is 0.258 e. The number of amides is 1. The summed E-state index contributed by atoms with van der Waals surface area (Å²) in [5.74, 6) is -2.15. The van der Waals surface area contributed by atoms with Crippen molar-refractivity contribution in [3.63, 3.8) is 0 Å². The van der Waals surface area contributed by atoms with E-state index in [9.17, 15) is 4.79 Å². The summed E-state index contributed by atoms with van der Waals surface area (Å²) in [6.45, 7) is 0.978. The van der Waals surface area contributed by atoms with Crippen molar-refractivity contribution in [2.24, 2.45) is 5.41 Å². The second kappa shape index (κ2) is 8.16. The largest absolute Gasteiger partial charge is 0.497 e. The number of piperidine rings is 1. The Morgan fingerprint density at radius 1 is 1.10 bits per heavy atom. The third kappa shape index (κ3) is 3.95. The Morgan fingerprint density at radius 2 is 1.83 bits per heavy atom. The fourth-order valence-electron chi connectivity index (χ4n) is 4.50. The van der Waals surface area contributed by atoms with Gasteiger partial charge in [0, 0.05) is 57.1 Å². The summed E-state index contributed by atoms with van der Waals surface area (Å²) in [5.41, 5.74) is 0.557. The number of carbonyl (C=O) groups excluding carboxylic acids is 1. The van der Waals surface area contributed by atoms with Crippen LogP contribution in [0.5, 0.6) is 5.75 Å². The highest BCUT2D eigenvalue weighted by molar-refractivity contribution is 5.76. The van der Waals surface area contributed by atoms with Crippen molar-refractivity contribution in [2.75, 3.05) is 38.2 Å². The summed E-state index contributed by atoms with van der Waals surface area (Å²) < 4.78 is 35.3. The molecule has 1 spiro atoms. The van der Waals surface area contributed by atoms with Gasteiger partial charge in [-0.1, -0.05) is 0 Å². The molecule has 1 aromatic carbocycles. The minimum absolute atomic E-state index is 0.0865. The number of benzene rings is 1. The van der Waals surface area contributed by atoms with E-state index in [0.717, 1.165) is 17.0 Å². The van der Waals surface area contributed by atoms with Gasteiger partial charge in [0.25, 0.3) is 5.92 Å². The van der Waals surface area contributed by atoms with Crippen LogP contribution >= 0.6 is 0 Å². The molecular formula is C22H26F2N4O2. The minimum Gasteiger partial charge on any atom is -0.497 e. The molecule has 2 fully saturated rings. The molecule has 30 heavy (non-hydrogen) atoms. The maximum absolute atomic E-state index is 15.1. The molecule has 2 aliphatic rings. The quantitative estimate of drug-likeness (QED) is 0.749. The Kier molecular flexibility index (Phi) is 5.58. The number of carbonyl (C=O) groups is 1. The summed E-state index contributed by atoms with van der Waals surface area (Å²) in [5, 5.41) is 0. The Morgan fingerprint density at radius 3 is 2.53 bits per heavy atom.